The summed E-state index contributed by atoms with van der Waals surface area (Å²) in [6.07, 6.45) is 13.2. The molecule has 0 saturated heterocycles. The lowest BCUT2D eigenvalue weighted by Gasteiger charge is -2.26. The van der Waals surface area contributed by atoms with E-state index in [1.54, 1.807) is 11.1 Å². The highest BCUT2D eigenvalue weighted by Crippen LogP contribution is 2.37. The minimum Gasteiger partial charge on any atom is -0.313 e. The van der Waals surface area contributed by atoms with Crippen LogP contribution in [0.5, 0.6) is 0 Å². The zero-order chi connectivity index (χ0) is 13.8. The third-order valence-electron chi connectivity index (χ3n) is 5.12. The Hall–Kier alpha value is -1.08. The number of rotatable bonds is 5. The first-order valence-electron chi connectivity index (χ1n) is 8.32. The van der Waals surface area contributed by atoms with E-state index in [4.69, 9.17) is 0 Å². The van der Waals surface area contributed by atoms with Gasteiger partial charge in [-0.1, -0.05) is 42.3 Å². The molecule has 2 aliphatic rings. The summed E-state index contributed by atoms with van der Waals surface area (Å²) >= 11 is 0. The number of allylic oxidation sites excluding steroid dienone is 1. The maximum atomic E-state index is 3.50. The highest BCUT2D eigenvalue weighted by Gasteiger charge is 2.20. The third kappa shape index (κ3) is 3.15. The molecule has 1 aromatic carbocycles. The molecule has 0 heterocycles. The van der Waals surface area contributed by atoms with Crippen molar-refractivity contribution < 1.29 is 0 Å². The summed E-state index contributed by atoms with van der Waals surface area (Å²) in [4.78, 5) is 0. The number of hydrogen-bond donors (Lipinski definition) is 1. The van der Waals surface area contributed by atoms with E-state index in [1.807, 2.05) is 0 Å². The second-order valence-corrected chi connectivity index (χ2v) is 6.45. The summed E-state index contributed by atoms with van der Waals surface area (Å²) in [7, 11) is 2.09. The van der Waals surface area contributed by atoms with E-state index in [9.17, 15) is 0 Å². The monoisotopic (exact) mass is 269 g/mol. The predicted molar refractivity (Wildman–Crippen MR) is 86.0 cm³/mol. The van der Waals surface area contributed by atoms with Crippen LogP contribution < -0.4 is 5.32 Å². The molecular formula is C19H27N. The van der Waals surface area contributed by atoms with E-state index in [0.29, 0.717) is 6.04 Å². The average molecular weight is 269 g/mol. The van der Waals surface area contributed by atoms with E-state index in [2.05, 4.69) is 42.7 Å². The zero-order valence-electron chi connectivity index (χ0n) is 12.7. The van der Waals surface area contributed by atoms with Crippen molar-refractivity contribution >= 4 is 0 Å². The highest BCUT2D eigenvalue weighted by molar-refractivity contribution is 5.29. The highest BCUT2D eigenvalue weighted by atomic mass is 14.9. The van der Waals surface area contributed by atoms with Gasteiger partial charge in [0.05, 0.1) is 0 Å². The standard InChI is InChI=1S/C19H27N/c1-20-19(14-15-6-3-2-4-7-15)18-12-10-17(11-13-18)16-8-5-9-16/h6,10-13,16,19-20H,2-5,7-9,14H2,1H3. The Morgan fingerprint density at radius 1 is 1.10 bits per heavy atom. The van der Waals surface area contributed by atoms with Gasteiger partial charge in [-0.25, -0.2) is 0 Å². The van der Waals surface area contributed by atoms with Crippen LogP contribution in [0.4, 0.5) is 0 Å². The molecule has 0 aromatic heterocycles. The van der Waals surface area contributed by atoms with Gasteiger partial charge in [-0.3, -0.25) is 0 Å². The molecule has 1 unspecified atom stereocenters. The molecule has 1 N–H and O–H groups in total. The Morgan fingerprint density at radius 3 is 2.45 bits per heavy atom. The zero-order valence-corrected chi connectivity index (χ0v) is 12.7. The lowest BCUT2D eigenvalue weighted by atomic mass is 9.79. The van der Waals surface area contributed by atoms with Gasteiger partial charge >= 0.3 is 0 Å². The summed E-state index contributed by atoms with van der Waals surface area (Å²) < 4.78 is 0. The second-order valence-electron chi connectivity index (χ2n) is 6.45. The molecule has 1 atom stereocenters. The molecule has 0 spiro atoms. The molecule has 0 amide bonds. The summed E-state index contributed by atoms with van der Waals surface area (Å²) in [6, 6.07) is 9.89. The summed E-state index contributed by atoms with van der Waals surface area (Å²) in [5, 5.41) is 3.50. The number of hydrogen-bond acceptors (Lipinski definition) is 1. The first-order valence-corrected chi connectivity index (χ1v) is 8.32. The van der Waals surface area contributed by atoms with Crippen LogP contribution in [0.1, 0.15) is 74.5 Å². The van der Waals surface area contributed by atoms with Gasteiger partial charge in [0.2, 0.25) is 0 Å². The maximum absolute atomic E-state index is 3.50. The summed E-state index contributed by atoms with van der Waals surface area (Å²) in [5.41, 5.74) is 4.65. The Kier molecular flexibility index (Phi) is 4.57. The van der Waals surface area contributed by atoms with Crippen LogP contribution in [0, 0.1) is 0 Å². The molecule has 1 nitrogen and oxygen atoms in total. The van der Waals surface area contributed by atoms with Gasteiger partial charge in [-0.15, -0.1) is 0 Å². The van der Waals surface area contributed by atoms with Crippen LogP contribution in [-0.4, -0.2) is 7.05 Å². The van der Waals surface area contributed by atoms with Crippen LogP contribution in [0.3, 0.4) is 0 Å². The molecule has 108 valence electrons. The molecule has 1 fully saturated rings. The number of benzene rings is 1. The molecule has 3 rings (SSSR count). The van der Waals surface area contributed by atoms with E-state index in [1.165, 1.54) is 56.9 Å². The van der Waals surface area contributed by atoms with Crippen molar-refractivity contribution in [1.82, 2.24) is 5.32 Å². The molecule has 1 heteroatoms. The Bertz CT molecular complexity index is 453. The third-order valence-corrected chi connectivity index (χ3v) is 5.12. The summed E-state index contributed by atoms with van der Waals surface area (Å²) in [6.45, 7) is 0. The fourth-order valence-electron chi connectivity index (χ4n) is 3.48. The van der Waals surface area contributed by atoms with Crippen LogP contribution >= 0.6 is 0 Å². The second kappa shape index (κ2) is 6.58. The maximum Gasteiger partial charge on any atom is 0.0355 e. The summed E-state index contributed by atoms with van der Waals surface area (Å²) in [5.74, 6) is 0.845. The van der Waals surface area contributed by atoms with Crippen molar-refractivity contribution in [2.75, 3.05) is 7.05 Å². The van der Waals surface area contributed by atoms with Crippen LogP contribution in [0.2, 0.25) is 0 Å². The molecule has 0 radical (unpaired) electrons. The van der Waals surface area contributed by atoms with E-state index in [0.717, 1.165) is 5.92 Å². The van der Waals surface area contributed by atoms with E-state index < -0.39 is 0 Å². The van der Waals surface area contributed by atoms with Gasteiger partial charge < -0.3 is 5.32 Å². The first kappa shape index (κ1) is 13.9. The molecule has 0 aliphatic heterocycles. The topological polar surface area (TPSA) is 12.0 Å². The van der Waals surface area contributed by atoms with Crippen LogP contribution in [0.15, 0.2) is 35.9 Å². The quantitative estimate of drug-likeness (QED) is 0.733. The molecule has 1 saturated carbocycles. The molecule has 2 aliphatic carbocycles. The van der Waals surface area contributed by atoms with E-state index >= 15 is 0 Å². The van der Waals surface area contributed by atoms with E-state index in [-0.39, 0.29) is 0 Å². The Morgan fingerprint density at radius 2 is 1.90 bits per heavy atom. The minimum absolute atomic E-state index is 0.481. The fraction of sp³-hybridized carbons (Fsp3) is 0.579. The Labute approximate surface area is 123 Å². The lowest BCUT2D eigenvalue weighted by molar-refractivity contribution is 0.419. The van der Waals surface area contributed by atoms with Crippen molar-refractivity contribution in [2.24, 2.45) is 0 Å². The van der Waals surface area contributed by atoms with Gasteiger partial charge in [0.1, 0.15) is 0 Å². The molecule has 1 aromatic rings. The van der Waals surface area contributed by atoms with Crippen molar-refractivity contribution in [3.63, 3.8) is 0 Å². The average Bonchev–Trinajstić information content (AvgIpc) is 2.45. The van der Waals surface area contributed by atoms with Gasteiger partial charge in [0, 0.05) is 6.04 Å². The van der Waals surface area contributed by atoms with Gasteiger partial charge in [-0.05, 0) is 69.0 Å². The predicted octanol–water partition coefficient (Wildman–Crippen LogP) is 5.11. The molecule has 0 bridgehead atoms. The van der Waals surface area contributed by atoms with Gasteiger partial charge in [0.25, 0.3) is 0 Å². The van der Waals surface area contributed by atoms with Crippen molar-refractivity contribution in [3.8, 4) is 0 Å². The SMILES string of the molecule is CNC(CC1=CCCCC1)c1ccc(C2CCC2)cc1. The fourth-order valence-corrected chi connectivity index (χ4v) is 3.48. The minimum atomic E-state index is 0.481. The normalized spacial score (nSPS) is 21.1. The molecule has 20 heavy (non-hydrogen) atoms. The lowest BCUT2D eigenvalue weighted by Crippen LogP contribution is -2.18. The van der Waals surface area contributed by atoms with Gasteiger partial charge in [0.15, 0.2) is 0 Å². The van der Waals surface area contributed by atoms with Crippen LogP contribution in [-0.2, 0) is 0 Å². The first-order chi connectivity index (χ1) is 9.86. The number of nitrogens with one attached hydrogen (secondary N) is 1. The van der Waals surface area contributed by atoms with Crippen LogP contribution in [0.25, 0.3) is 0 Å². The van der Waals surface area contributed by atoms with Crippen molar-refractivity contribution in [1.29, 1.82) is 0 Å². The largest absolute Gasteiger partial charge is 0.313 e. The Balaban J connectivity index is 1.66. The van der Waals surface area contributed by atoms with Gasteiger partial charge in [-0.2, -0.15) is 0 Å². The smallest absolute Gasteiger partial charge is 0.0355 e. The van der Waals surface area contributed by atoms with Crippen molar-refractivity contribution in [3.05, 3.63) is 47.0 Å². The molecular weight excluding hydrogens is 242 g/mol. The van der Waals surface area contributed by atoms with Crippen molar-refractivity contribution in [2.45, 2.75) is 63.3 Å².